The summed E-state index contributed by atoms with van der Waals surface area (Å²) in [6, 6.07) is 0.0694. The van der Waals surface area contributed by atoms with Crippen LogP contribution in [-0.2, 0) is 0 Å². The van der Waals surface area contributed by atoms with E-state index in [1.165, 1.54) is 0 Å². The zero-order chi connectivity index (χ0) is 5.82. The Morgan fingerprint density at radius 3 is 2.75 bits per heavy atom. The van der Waals surface area contributed by atoms with E-state index in [-0.39, 0.29) is 6.04 Å². The lowest BCUT2D eigenvalue weighted by atomic mass is 10.0. The van der Waals surface area contributed by atoms with Gasteiger partial charge in [-0.05, 0) is 19.3 Å². The molecule has 1 aliphatic carbocycles. The number of hydrogen-bond acceptors (Lipinski definition) is 2. The summed E-state index contributed by atoms with van der Waals surface area (Å²) in [5.74, 6) is 0. The fourth-order valence-electron chi connectivity index (χ4n) is 0.873. The van der Waals surface area contributed by atoms with Crippen molar-refractivity contribution in [1.29, 1.82) is 0 Å². The molecule has 0 N–H and O–H groups in total. The van der Waals surface area contributed by atoms with E-state index in [4.69, 9.17) is 0 Å². The maximum absolute atomic E-state index is 9.88. The van der Waals surface area contributed by atoms with Gasteiger partial charge in [-0.2, -0.15) is 4.91 Å². The first-order valence-electron chi connectivity index (χ1n) is 2.91. The SMILES string of the molecule is O=N[C@H]1CC=CCC1. The van der Waals surface area contributed by atoms with Crippen LogP contribution < -0.4 is 0 Å². The highest BCUT2D eigenvalue weighted by molar-refractivity contribution is 4.92. The Bertz CT molecular complexity index is 109. The molecule has 0 fully saturated rings. The minimum atomic E-state index is 0.0694. The van der Waals surface area contributed by atoms with E-state index in [2.05, 4.69) is 11.3 Å². The van der Waals surface area contributed by atoms with Gasteiger partial charge in [0.1, 0.15) is 0 Å². The van der Waals surface area contributed by atoms with Gasteiger partial charge in [-0.1, -0.05) is 17.3 Å². The van der Waals surface area contributed by atoms with Crippen LogP contribution in [0, 0.1) is 4.91 Å². The normalized spacial score (nSPS) is 27.8. The van der Waals surface area contributed by atoms with Gasteiger partial charge in [0.2, 0.25) is 0 Å². The highest BCUT2D eigenvalue weighted by atomic mass is 16.3. The van der Waals surface area contributed by atoms with Crippen molar-refractivity contribution in [3.63, 3.8) is 0 Å². The Balaban J connectivity index is 2.37. The Morgan fingerprint density at radius 1 is 1.50 bits per heavy atom. The van der Waals surface area contributed by atoms with Crippen molar-refractivity contribution in [2.24, 2.45) is 5.18 Å². The molecule has 8 heavy (non-hydrogen) atoms. The van der Waals surface area contributed by atoms with Gasteiger partial charge in [0.15, 0.2) is 0 Å². The average Bonchev–Trinajstić information content (AvgIpc) is 1.90. The first-order valence-corrected chi connectivity index (χ1v) is 2.91. The predicted molar refractivity (Wildman–Crippen MR) is 32.6 cm³/mol. The van der Waals surface area contributed by atoms with Gasteiger partial charge in [-0.25, -0.2) is 0 Å². The van der Waals surface area contributed by atoms with Crippen LogP contribution >= 0.6 is 0 Å². The van der Waals surface area contributed by atoms with Crippen LogP contribution in [0.1, 0.15) is 19.3 Å². The highest BCUT2D eigenvalue weighted by Crippen LogP contribution is 2.12. The van der Waals surface area contributed by atoms with Gasteiger partial charge in [-0.15, -0.1) is 0 Å². The summed E-state index contributed by atoms with van der Waals surface area (Å²) in [5, 5.41) is 2.95. The van der Waals surface area contributed by atoms with Gasteiger partial charge in [0.05, 0.1) is 6.04 Å². The van der Waals surface area contributed by atoms with Crippen molar-refractivity contribution < 1.29 is 0 Å². The number of allylic oxidation sites excluding steroid dienone is 1. The molecule has 1 atom stereocenters. The Kier molecular flexibility index (Phi) is 1.78. The van der Waals surface area contributed by atoms with Crippen molar-refractivity contribution in [1.82, 2.24) is 0 Å². The second-order valence-corrected chi connectivity index (χ2v) is 2.04. The summed E-state index contributed by atoms with van der Waals surface area (Å²) in [6.45, 7) is 0. The molecule has 2 nitrogen and oxygen atoms in total. The fraction of sp³-hybridized carbons (Fsp3) is 0.667. The molecule has 0 unspecified atom stereocenters. The fourth-order valence-corrected chi connectivity index (χ4v) is 0.873. The number of rotatable bonds is 1. The van der Waals surface area contributed by atoms with Crippen LogP contribution in [0.3, 0.4) is 0 Å². The molecular weight excluding hydrogens is 102 g/mol. The largest absolute Gasteiger partial charge is 0.151 e. The molecule has 0 aromatic heterocycles. The van der Waals surface area contributed by atoms with E-state index in [0.717, 1.165) is 19.3 Å². The van der Waals surface area contributed by atoms with E-state index in [0.29, 0.717) is 0 Å². The van der Waals surface area contributed by atoms with Crippen LogP contribution in [0.4, 0.5) is 0 Å². The van der Waals surface area contributed by atoms with E-state index in [9.17, 15) is 4.91 Å². The maximum Gasteiger partial charge on any atom is 0.0956 e. The van der Waals surface area contributed by atoms with Gasteiger partial charge in [0, 0.05) is 0 Å². The molecule has 2 heteroatoms. The smallest absolute Gasteiger partial charge is 0.0956 e. The van der Waals surface area contributed by atoms with E-state index in [1.54, 1.807) is 0 Å². The maximum atomic E-state index is 9.88. The summed E-state index contributed by atoms with van der Waals surface area (Å²) in [7, 11) is 0. The molecule has 0 aromatic carbocycles. The molecule has 0 saturated heterocycles. The summed E-state index contributed by atoms with van der Waals surface area (Å²) >= 11 is 0. The lowest BCUT2D eigenvalue weighted by Gasteiger charge is -2.07. The summed E-state index contributed by atoms with van der Waals surface area (Å²) in [6.07, 6.45) is 6.94. The van der Waals surface area contributed by atoms with Gasteiger partial charge in [0.25, 0.3) is 0 Å². The molecule has 1 rings (SSSR count). The van der Waals surface area contributed by atoms with Crippen molar-refractivity contribution in [3.8, 4) is 0 Å². The Morgan fingerprint density at radius 2 is 2.38 bits per heavy atom. The molecule has 0 spiro atoms. The Hall–Kier alpha value is -0.660. The molecule has 0 aromatic rings. The lowest BCUT2D eigenvalue weighted by molar-refractivity contribution is 0.605. The summed E-state index contributed by atoms with van der Waals surface area (Å²) in [5.41, 5.74) is 0. The third kappa shape index (κ3) is 1.15. The topological polar surface area (TPSA) is 29.4 Å². The molecule has 0 bridgehead atoms. The molecular formula is C6H9NO. The number of nitrogens with zero attached hydrogens (tertiary/aromatic N) is 1. The molecule has 0 radical (unpaired) electrons. The molecule has 1 aliphatic rings. The Labute approximate surface area is 48.6 Å². The molecule has 0 aliphatic heterocycles. The first-order chi connectivity index (χ1) is 3.93. The third-order valence-corrected chi connectivity index (χ3v) is 1.39. The number of nitroso groups, excluding NO2 is 1. The lowest BCUT2D eigenvalue weighted by Crippen LogP contribution is -2.03. The second-order valence-electron chi connectivity index (χ2n) is 2.04. The van der Waals surface area contributed by atoms with Crippen LogP contribution in [0.15, 0.2) is 17.3 Å². The molecule has 0 heterocycles. The predicted octanol–water partition coefficient (Wildman–Crippen LogP) is 1.86. The summed E-state index contributed by atoms with van der Waals surface area (Å²) in [4.78, 5) is 9.88. The zero-order valence-electron chi connectivity index (χ0n) is 4.71. The molecule has 44 valence electrons. The van der Waals surface area contributed by atoms with Crippen LogP contribution in [0.5, 0.6) is 0 Å². The molecule has 0 saturated carbocycles. The van der Waals surface area contributed by atoms with Gasteiger partial charge >= 0.3 is 0 Å². The quantitative estimate of drug-likeness (QED) is 0.375. The zero-order valence-corrected chi connectivity index (χ0v) is 4.71. The standard InChI is InChI=1S/C6H9NO/c8-7-6-4-2-1-3-5-6/h1-2,6H,3-5H2/t6-/m0/s1. The van der Waals surface area contributed by atoms with Crippen molar-refractivity contribution in [3.05, 3.63) is 17.1 Å². The highest BCUT2D eigenvalue weighted by Gasteiger charge is 2.07. The monoisotopic (exact) mass is 111 g/mol. The van der Waals surface area contributed by atoms with Gasteiger partial charge in [-0.3, -0.25) is 0 Å². The summed E-state index contributed by atoms with van der Waals surface area (Å²) < 4.78 is 0. The third-order valence-electron chi connectivity index (χ3n) is 1.39. The number of hydrogen-bond donors (Lipinski definition) is 0. The minimum Gasteiger partial charge on any atom is -0.151 e. The minimum absolute atomic E-state index is 0.0694. The first kappa shape index (κ1) is 5.48. The average molecular weight is 111 g/mol. The second kappa shape index (κ2) is 2.60. The van der Waals surface area contributed by atoms with Crippen molar-refractivity contribution in [2.75, 3.05) is 0 Å². The van der Waals surface area contributed by atoms with E-state index >= 15 is 0 Å². The van der Waals surface area contributed by atoms with E-state index < -0.39 is 0 Å². The van der Waals surface area contributed by atoms with Crippen molar-refractivity contribution in [2.45, 2.75) is 25.3 Å². The molecule has 0 amide bonds. The van der Waals surface area contributed by atoms with E-state index in [1.807, 2.05) is 6.08 Å². The van der Waals surface area contributed by atoms with Crippen molar-refractivity contribution >= 4 is 0 Å². The van der Waals surface area contributed by atoms with Crippen LogP contribution in [0.25, 0.3) is 0 Å². The van der Waals surface area contributed by atoms with Gasteiger partial charge < -0.3 is 0 Å². The van der Waals surface area contributed by atoms with Crippen LogP contribution in [0.2, 0.25) is 0 Å². The van der Waals surface area contributed by atoms with Crippen LogP contribution in [-0.4, -0.2) is 6.04 Å².